The summed E-state index contributed by atoms with van der Waals surface area (Å²) >= 11 is 0. The molecule has 3 aromatic rings. The highest BCUT2D eigenvalue weighted by atomic mass is 16.2. The second-order valence-electron chi connectivity index (χ2n) is 7.86. The maximum Gasteiger partial charge on any atom is 0.258 e. The van der Waals surface area contributed by atoms with Crippen LogP contribution in [0.1, 0.15) is 34.0 Å². The first kappa shape index (κ1) is 20.8. The molecule has 0 saturated carbocycles. The predicted octanol–water partition coefficient (Wildman–Crippen LogP) is 4.05. The van der Waals surface area contributed by atoms with Gasteiger partial charge in [-0.3, -0.25) is 9.59 Å². The Labute approximate surface area is 183 Å². The molecule has 3 aromatic carbocycles. The molecule has 1 aliphatic rings. The third kappa shape index (κ3) is 4.52. The Kier molecular flexibility index (Phi) is 6.14. The fourth-order valence-electron chi connectivity index (χ4n) is 4.06. The Morgan fingerprint density at radius 3 is 2.55 bits per heavy atom. The number of fused-ring (bicyclic) bond motifs is 1. The number of hydrogen-bond acceptors (Lipinski definition) is 3. The van der Waals surface area contributed by atoms with Gasteiger partial charge in [-0.25, -0.2) is 0 Å². The van der Waals surface area contributed by atoms with Crippen LogP contribution in [0.3, 0.4) is 0 Å². The van der Waals surface area contributed by atoms with E-state index in [1.54, 1.807) is 0 Å². The zero-order valence-electron chi connectivity index (χ0n) is 17.9. The van der Waals surface area contributed by atoms with Crippen molar-refractivity contribution in [1.82, 2.24) is 10.6 Å². The summed E-state index contributed by atoms with van der Waals surface area (Å²) in [7, 11) is 0. The molecule has 0 aliphatic carbocycles. The van der Waals surface area contributed by atoms with Crippen molar-refractivity contribution < 1.29 is 9.59 Å². The highest BCUT2D eigenvalue weighted by Crippen LogP contribution is 2.35. The maximum absolute atomic E-state index is 13.3. The van der Waals surface area contributed by atoms with Crippen LogP contribution in [0.25, 0.3) is 11.1 Å². The highest BCUT2D eigenvalue weighted by molar-refractivity contribution is 6.10. The van der Waals surface area contributed by atoms with Gasteiger partial charge in [0, 0.05) is 37.8 Å². The Morgan fingerprint density at radius 1 is 0.968 bits per heavy atom. The Bertz CT molecular complexity index is 1110. The molecule has 158 valence electrons. The van der Waals surface area contributed by atoms with Crippen molar-refractivity contribution in [2.45, 2.75) is 26.9 Å². The summed E-state index contributed by atoms with van der Waals surface area (Å²) in [5.74, 6) is 0.0139. The van der Waals surface area contributed by atoms with Crippen molar-refractivity contribution in [2.24, 2.45) is 0 Å². The molecule has 5 nitrogen and oxygen atoms in total. The molecule has 0 bridgehead atoms. The van der Waals surface area contributed by atoms with Crippen molar-refractivity contribution in [2.75, 3.05) is 18.0 Å². The van der Waals surface area contributed by atoms with Crippen molar-refractivity contribution in [3.8, 4) is 11.1 Å². The van der Waals surface area contributed by atoms with E-state index in [2.05, 4.69) is 47.9 Å². The Hall–Kier alpha value is -3.44. The summed E-state index contributed by atoms with van der Waals surface area (Å²) in [6.45, 7) is 6.10. The van der Waals surface area contributed by atoms with Crippen LogP contribution < -0.4 is 15.5 Å². The zero-order valence-corrected chi connectivity index (χ0v) is 17.9. The number of amides is 2. The van der Waals surface area contributed by atoms with Gasteiger partial charge in [0.15, 0.2) is 0 Å². The average Bonchev–Trinajstić information content (AvgIpc) is 3.10. The molecule has 0 fully saturated rings. The maximum atomic E-state index is 13.3. The molecule has 31 heavy (non-hydrogen) atoms. The van der Waals surface area contributed by atoms with E-state index in [1.807, 2.05) is 41.3 Å². The normalized spacial score (nSPS) is 12.7. The van der Waals surface area contributed by atoms with Gasteiger partial charge in [0.05, 0.1) is 6.54 Å². The smallest absolute Gasteiger partial charge is 0.258 e. The van der Waals surface area contributed by atoms with Gasteiger partial charge in [0.2, 0.25) is 5.91 Å². The van der Waals surface area contributed by atoms with Crippen LogP contribution in [0.5, 0.6) is 0 Å². The zero-order chi connectivity index (χ0) is 21.8. The van der Waals surface area contributed by atoms with E-state index in [0.29, 0.717) is 26.2 Å². The van der Waals surface area contributed by atoms with Crippen LogP contribution in [0, 0.1) is 6.92 Å². The minimum atomic E-state index is -0.0309. The molecule has 4 rings (SSSR count). The quantitative estimate of drug-likeness (QED) is 0.575. The highest BCUT2D eigenvalue weighted by Gasteiger charge is 2.30. The van der Waals surface area contributed by atoms with E-state index in [4.69, 9.17) is 0 Å². The van der Waals surface area contributed by atoms with E-state index >= 15 is 0 Å². The van der Waals surface area contributed by atoms with Gasteiger partial charge in [0.1, 0.15) is 0 Å². The van der Waals surface area contributed by atoms with Crippen LogP contribution in [0.15, 0.2) is 66.7 Å². The van der Waals surface area contributed by atoms with Crippen LogP contribution >= 0.6 is 0 Å². The van der Waals surface area contributed by atoms with E-state index in [0.717, 1.165) is 39.1 Å². The predicted molar refractivity (Wildman–Crippen MR) is 124 cm³/mol. The minimum absolute atomic E-state index is 0.0309. The molecule has 1 heterocycles. The first-order valence-corrected chi connectivity index (χ1v) is 10.6. The Morgan fingerprint density at radius 2 is 1.77 bits per heavy atom. The van der Waals surface area contributed by atoms with Gasteiger partial charge in [-0.2, -0.15) is 0 Å². The summed E-state index contributed by atoms with van der Waals surface area (Å²) in [4.78, 5) is 26.1. The lowest BCUT2D eigenvalue weighted by Gasteiger charge is -2.20. The second-order valence-corrected chi connectivity index (χ2v) is 7.86. The molecule has 0 saturated heterocycles. The fraction of sp³-hybridized carbons (Fsp3) is 0.231. The largest absolute Gasteiger partial charge is 0.355 e. The molecule has 0 spiro atoms. The number of anilines is 1. The number of benzene rings is 3. The Balaban J connectivity index is 1.50. The molecule has 2 amide bonds. The number of nitrogens with one attached hydrogen (secondary N) is 2. The first-order valence-electron chi connectivity index (χ1n) is 10.6. The van der Waals surface area contributed by atoms with Gasteiger partial charge in [-0.1, -0.05) is 54.6 Å². The lowest BCUT2D eigenvalue weighted by molar-refractivity contribution is -0.118. The molecule has 0 radical (unpaired) electrons. The molecule has 2 N–H and O–H groups in total. The molecule has 0 aromatic heterocycles. The molecule has 5 heteroatoms. The SMILES string of the molecule is CC(=O)NCCNCc1ccc2c(c1)C(=O)N(c1cccc(-c3ccccc3)c1C)C2. The topological polar surface area (TPSA) is 61.4 Å². The molecule has 1 aliphatic heterocycles. The van der Waals surface area contributed by atoms with Crippen LogP contribution in [0.4, 0.5) is 5.69 Å². The third-order valence-corrected chi connectivity index (χ3v) is 5.66. The lowest BCUT2D eigenvalue weighted by atomic mass is 9.99. The van der Waals surface area contributed by atoms with Crippen LogP contribution in [0.2, 0.25) is 0 Å². The van der Waals surface area contributed by atoms with Crippen molar-refractivity contribution >= 4 is 17.5 Å². The molecule has 0 atom stereocenters. The summed E-state index contributed by atoms with van der Waals surface area (Å²) in [5, 5.41) is 6.06. The van der Waals surface area contributed by atoms with Gasteiger partial charge >= 0.3 is 0 Å². The number of nitrogens with zero attached hydrogens (tertiary/aromatic N) is 1. The summed E-state index contributed by atoms with van der Waals surface area (Å²) in [6.07, 6.45) is 0. The summed E-state index contributed by atoms with van der Waals surface area (Å²) < 4.78 is 0. The number of carbonyl (C=O) groups excluding carboxylic acids is 2. The fourth-order valence-corrected chi connectivity index (χ4v) is 4.06. The van der Waals surface area contributed by atoms with E-state index in [9.17, 15) is 9.59 Å². The van der Waals surface area contributed by atoms with E-state index in [-0.39, 0.29) is 11.8 Å². The summed E-state index contributed by atoms with van der Waals surface area (Å²) in [5.41, 5.74) is 7.24. The van der Waals surface area contributed by atoms with Gasteiger partial charge < -0.3 is 15.5 Å². The van der Waals surface area contributed by atoms with Gasteiger partial charge in [0.25, 0.3) is 5.91 Å². The van der Waals surface area contributed by atoms with Crippen molar-refractivity contribution in [1.29, 1.82) is 0 Å². The lowest BCUT2D eigenvalue weighted by Crippen LogP contribution is -2.29. The molecular weight excluding hydrogens is 386 g/mol. The average molecular weight is 414 g/mol. The van der Waals surface area contributed by atoms with Crippen molar-refractivity contribution in [3.05, 3.63) is 89.0 Å². The molecular formula is C26H27N3O2. The third-order valence-electron chi connectivity index (χ3n) is 5.66. The number of carbonyl (C=O) groups is 2. The standard InChI is InChI=1S/C26H27N3O2/c1-18-23(21-7-4-3-5-8-21)9-6-10-25(18)29-17-22-12-11-20(15-24(22)26(29)31)16-27-13-14-28-19(2)30/h3-12,15,27H,13-14,16-17H2,1-2H3,(H,28,30). The van der Waals surface area contributed by atoms with Crippen molar-refractivity contribution in [3.63, 3.8) is 0 Å². The van der Waals surface area contributed by atoms with Crippen LogP contribution in [-0.4, -0.2) is 24.9 Å². The second kappa shape index (κ2) is 9.14. The van der Waals surface area contributed by atoms with E-state index in [1.165, 1.54) is 6.92 Å². The van der Waals surface area contributed by atoms with Gasteiger partial charge in [-0.15, -0.1) is 0 Å². The number of hydrogen-bond donors (Lipinski definition) is 2. The minimum Gasteiger partial charge on any atom is -0.355 e. The van der Waals surface area contributed by atoms with Gasteiger partial charge in [-0.05, 0) is 46.9 Å². The molecule has 0 unspecified atom stereocenters. The monoisotopic (exact) mass is 413 g/mol. The van der Waals surface area contributed by atoms with Crippen LogP contribution in [-0.2, 0) is 17.9 Å². The van der Waals surface area contributed by atoms with E-state index < -0.39 is 0 Å². The summed E-state index contributed by atoms with van der Waals surface area (Å²) in [6, 6.07) is 22.5. The number of rotatable bonds is 7. The first-order chi connectivity index (χ1) is 15.0.